The maximum atomic E-state index is 5.45. The maximum Gasteiger partial charge on any atom is 0.152 e. The van der Waals surface area contributed by atoms with E-state index in [0.29, 0.717) is 12.2 Å². The first-order valence-corrected chi connectivity index (χ1v) is 2.88. The third-order valence-electron chi connectivity index (χ3n) is 1.11. The lowest BCUT2D eigenvalue weighted by atomic mass is 10.2. The van der Waals surface area contributed by atoms with Crippen LogP contribution in [-0.2, 0) is 6.42 Å². The number of aromatic nitrogens is 3. The Morgan fingerprint density at radius 1 is 1.70 bits per heavy atom. The van der Waals surface area contributed by atoms with E-state index in [2.05, 4.69) is 22.0 Å². The second-order valence-electron chi connectivity index (χ2n) is 1.84. The molecule has 52 valence electrons. The monoisotopic (exact) mass is 136 g/mol. The van der Waals surface area contributed by atoms with Crippen molar-refractivity contribution in [3.8, 4) is 0 Å². The van der Waals surface area contributed by atoms with Crippen molar-refractivity contribution in [2.75, 3.05) is 5.73 Å². The lowest BCUT2D eigenvalue weighted by Gasteiger charge is -1.95. The van der Waals surface area contributed by atoms with E-state index in [1.54, 1.807) is 12.3 Å². The summed E-state index contributed by atoms with van der Waals surface area (Å²) >= 11 is 0. The Bertz CT molecular complexity index is 233. The number of hydrogen-bond donors (Lipinski definition) is 1. The van der Waals surface area contributed by atoms with Crippen LogP contribution in [0.3, 0.4) is 0 Å². The molecule has 1 heterocycles. The number of nitrogens with two attached hydrogens (primary N) is 1. The first-order valence-electron chi connectivity index (χ1n) is 2.88. The van der Waals surface area contributed by atoms with Gasteiger partial charge < -0.3 is 5.73 Å². The van der Waals surface area contributed by atoms with Crippen LogP contribution in [0.25, 0.3) is 0 Å². The Morgan fingerprint density at radius 3 is 3.10 bits per heavy atom. The zero-order valence-corrected chi connectivity index (χ0v) is 5.49. The third kappa shape index (κ3) is 1.28. The van der Waals surface area contributed by atoms with E-state index in [1.807, 2.05) is 0 Å². The quantitative estimate of drug-likeness (QED) is 0.589. The fourth-order valence-corrected chi connectivity index (χ4v) is 0.613. The van der Waals surface area contributed by atoms with Gasteiger partial charge in [-0.1, -0.05) is 6.08 Å². The number of rotatable bonds is 2. The van der Waals surface area contributed by atoms with Crippen LogP contribution < -0.4 is 5.73 Å². The minimum absolute atomic E-state index is 0.426. The SMILES string of the molecule is C=CCc1cnnnc1N. The smallest absolute Gasteiger partial charge is 0.152 e. The van der Waals surface area contributed by atoms with Crippen molar-refractivity contribution in [1.82, 2.24) is 15.4 Å². The highest BCUT2D eigenvalue weighted by atomic mass is 15.3. The molecule has 0 saturated carbocycles. The van der Waals surface area contributed by atoms with E-state index in [4.69, 9.17) is 5.73 Å². The van der Waals surface area contributed by atoms with Crippen molar-refractivity contribution in [1.29, 1.82) is 0 Å². The molecule has 0 aliphatic rings. The Kier molecular flexibility index (Phi) is 1.94. The summed E-state index contributed by atoms with van der Waals surface area (Å²) in [6.07, 6.45) is 4.02. The highest BCUT2D eigenvalue weighted by Crippen LogP contribution is 2.03. The Labute approximate surface area is 58.8 Å². The zero-order chi connectivity index (χ0) is 7.40. The van der Waals surface area contributed by atoms with Gasteiger partial charge in [0, 0.05) is 5.56 Å². The molecule has 0 aliphatic heterocycles. The molecule has 4 nitrogen and oxygen atoms in total. The largest absolute Gasteiger partial charge is 0.382 e. The number of nitrogen functional groups attached to an aromatic ring is 1. The van der Waals surface area contributed by atoms with Crippen LogP contribution >= 0.6 is 0 Å². The van der Waals surface area contributed by atoms with E-state index < -0.39 is 0 Å². The molecule has 1 rings (SSSR count). The van der Waals surface area contributed by atoms with Crippen LogP contribution in [0, 0.1) is 0 Å². The fraction of sp³-hybridized carbons (Fsp3) is 0.167. The summed E-state index contributed by atoms with van der Waals surface area (Å²) in [5, 5.41) is 10.5. The van der Waals surface area contributed by atoms with Gasteiger partial charge in [0.2, 0.25) is 0 Å². The van der Waals surface area contributed by atoms with E-state index in [-0.39, 0.29) is 0 Å². The van der Waals surface area contributed by atoms with Gasteiger partial charge in [-0.15, -0.1) is 16.8 Å². The average molecular weight is 136 g/mol. The van der Waals surface area contributed by atoms with Crippen molar-refractivity contribution >= 4 is 5.82 Å². The fourth-order valence-electron chi connectivity index (χ4n) is 0.613. The summed E-state index contributed by atoms with van der Waals surface area (Å²) in [6.45, 7) is 3.57. The molecule has 10 heavy (non-hydrogen) atoms. The molecule has 0 radical (unpaired) electrons. The Hall–Kier alpha value is -1.45. The lowest BCUT2D eigenvalue weighted by Crippen LogP contribution is -1.99. The maximum absolute atomic E-state index is 5.45. The summed E-state index contributed by atoms with van der Waals surface area (Å²) in [6, 6.07) is 0. The van der Waals surface area contributed by atoms with Crippen LogP contribution in [0.4, 0.5) is 5.82 Å². The molecule has 0 unspecified atom stereocenters. The van der Waals surface area contributed by atoms with E-state index >= 15 is 0 Å². The first kappa shape index (κ1) is 6.67. The molecule has 0 atom stereocenters. The summed E-state index contributed by atoms with van der Waals surface area (Å²) in [5.74, 6) is 0.426. The zero-order valence-electron chi connectivity index (χ0n) is 5.49. The van der Waals surface area contributed by atoms with Crippen LogP contribution in [0.1, 0.15) is 5.56 Å². The molecular formula is C6H8N4. The van der Waals surface area contributed by atoms with Crippen LogP contribution in [-0.4, -0.2) is 15.4 Å². The minimum Gasteiger partial charge on any atom is -0.382 e. The van der Waals surface area contributed by atoms with Gasteiger partial charge in [0.05, 0.1) is 6.20 Å². The van der Waals surface area contributed by atoms with Gasteiger partial charge in [0.25, 0.3) is 0 Å². The topological polar surface area (TPSA) is 64.7 Å². The number of allylic oxidation sites excluding steroid dienone is 1. The molecule has 1 aromatic heterocycles. The van der Waals surface area contributed by atoms with E-state index in [0.717, 1.165) is 5.56 Å². The highest BCUT2D eigenvalue weighted by molar-refractivity contribution is 5.36. The summed E-state index contributed by atoms with van der Waals surface area (Å²) < 4.78 is 0. The summed E-state index contributed by atoms with van der Waals surface area (Å²) in [5.41, 5.74) is 6.31. The van der Waals surface area contributed by atoms with Gasteiger partial charge in [-0.05, 0) is 11.6 Å². The molecule has 0 aliphatic carbocycles. The normalized spacial score (nSPS) is 9.20. The molecule has 0 aromatic carbocycles. The molecule has 0 amide bonds. The molecule has 0 bridgehead atoms. The van der Waals surface area contributed by atoms with Crippen LogP contribution in [0.5, 0.6) is 0 Å². The second-order valence-corrected chi connectivity index (χ2v) is 1.84. The van der Waals surface area contributed by atoms with Crippen molar-refractivity contribution < 1.29 is 0 Å². The van der Waals surface area contributed by atoms with Gasteiger partial charge in [0.1, 0.15) is 0 Å². The van der Waals surface area contributed by atoms with Gasteiger partial charge in [-0.3, -0.25) is 0 Å². The second kappa shape index (κ2) is 2.91. The Morgan fingerprint density at radius 2 is 2.50 bits per heavy atom. The van der Waals surface area contributed by atoms with Crippen LogP contribution in [0.15, 0.2) is 18.9 Å². The molecule has 0 fully saturated rings. The number of anilines is 1. The van der Waals surface area contributed by atoms with Crippen molar-refractivity contribution in [2.45, 2.75) is 6.42 Å². The number of nitrogens with zero attached hydrogens (tertiary/aromatic N) is 3. The minimum atomic E-state index is 0.426. The molecule has 1 aromatic rings. The lowest BCUT2D eigenvalue weighted by molar-refractivity contribution is 0.856. The standard InChI is InChI=1S/C6H8N4/c1-2-3-5-4-8-10-9-6(5)7/h2,4H,1,3H2,(H2,7,8,9). The van der Waals surface area contributed by atoms with Gasteiger partial charge in [0.15, 0.2) is 5.82 Å². The van der Waals surface area contributed by atoms with E-state index in [9.17, 15) is 0 Å². The Balaban J connectivity index is 2.91. The van der Waals surface area contributed by atoms with Gasteiger partial charge in [-0.2, -0.15) is 0 Å². The summed E-state index contributed by atoms with van der Waals surface area (Å²) in [7, 11) is 0. The predicted molar refractivity (Wildman–Crippen MR) is 38.1 cm³/mol. The summed E-state index contributed by atoms with van der Waals surface area (Å²) in [4.78, 5) is 0. The number of hydrogen-bond acceptors (Lipinski definition) is 4. The first-order chi connectivity index (χ1) is 4.84. The van der Waals surface area contributed by atoms with Crippen molar-refractivity contribution in [2.24, 2.45) is 0 Å². The van der Waals surface area contributed by atoms with Gasteiger partial charge >= 0.3 is 0 Å². The van der Waals surface area contributed by atoms with Crippen molar-refractivity contribution in [3.05, 3.63) is 24.4 Å². The van der Waals surface area contributed by atoms with Crippen LogP contribution in [0.2, 0.25) is 0 Å². The molecular weight excluding hydrogens is 128 g/mol. The molecule has 0 spiro atoms. The molecule has 4 heteroatoms. The van der Waals surface area contributed by atoms with E-state index in [1.165, 1.54) is 0 Å². The van der Waals surface area contributed by atoms with Crippen molar-refractivity contribution in [3.63, 3.8) is 0 Å². The average Bonchev–Trinajstić information content (AvgIpc) is 1.94. The molecule has 2 N–H and O–H groups in total. The predicted octanol–water partition coefficient (Wildman–Crippen LogP) is 0.182. The van der Waals surface area contributed by atoms with Gasteiger partial charge in [-0.25, -0.2) is 0 Å². The molecule has 0 saturated heterocycles. The highest BCUT2D eigenvalue weighted by Gasteiger charge is 1.95. The third-order valence-corrected chi connectivity index (χ3v) is 1.11.